The van der Waals surface area contributed by atoms with Crippen molar-refractivity contribution < 1.29 is 27.8 Å². The number of rotatable bonds is 11. The van der Waals surface area contributed by atoms with Crippen LogP contribution in [-0.2, 0) is 9.53 Å². The third-order valence-electron chi connectivity index (χ3n) is 8.01. The molecule has 0 amide bonds. The average molecular weight is 575 g/mol. The van der Waals surface area contributed by atoms with Crippen molar-refractivity contribution in [1.82, 2.24) is 0 Å². The van der Waals surface area contributed by atoms with E-state index in [0.29, 0.717) is 31.6 Å². The van der Waals surface area contributed by atoms with Crippen LogP contribution in [-0.4, -0.2) is 37.1 Å². The zero-order chi connectivity index (χ0) is 29.6. The van der Waals surface area contributed by atoms with Crippen molar-refractivity contribution in [3.8, 4) is 5.75 Å². The Morgan fingerprint density at radius 3 is 2.57 bits per heavy atom. The molecule has 5 rings (SSSR count). The summed E-state index contributed by atoms with van der Waals surface area (Å²) >= 11 is 0. The van der Waals surface area contributed by atoms with Gasteiger partial charge in [-0.25, -0.2) is 0 Å². The van der Waals surface area contributed by atoms with E-state index in [0.717, 1.165) is 53.1 Å². The van der Waals surface area contributed by atoms with Crippen LogP contribution in [0.1, 0.15) is 60.5 Å². The van der Waals surface area contributed by atoms with Crippen LogP contribution in [0.15, 0.2) is 77.6 Å². The normalized spacial score (nSPS) is 19.4. The highest BCUT2D eigenvalue weighted by molar-refractivity contribution is 6.14. The van der Waals surface area contributed by atoms with Gasteiger partial charge in [0.2, 0.25) is 0 Å². The van der Waals surface area contributed by atoms with Gasteiger partial charge in [0.1, 0.15) is 11.5 Å². The van der Waals surface area contributed by atoms with Gasteiger partial charge < -0.3 is 14.8 Å². The third-order valence-corrected chi connectivity index (χ3v) is 8.01. The molecule has 2 heterocycles. The van der Waals surface area contributed by atoms with Gasteiger partial charge in [-0.15, -0.1) is 0 Å². The first kappa shape index (κ1) is 29.6. The molecule has 0 spiro atoms. The summed E-state index contributed by atoms with van der Waals surface area (Å²) in [5.74, 6) is 0.358. The highest BCUT2D eigenvalue weighted by Gasteiger charge is 2.28. The van der Waals surface area contributed by atoms with Crippen molar-refractivity contribution in [3.05, 3.63) is 89.3 Å². The number of carbonyl (C=O) groups excluding carboxylic acids is 2. The molecule has 42 heavy (non-hydrogen) atoms. The van der Waals surface area contributed by atoms with E-state index in [1.165, 1.54) is 12.1 Å². The van der Waals surface area contributed by atoms with Crippen molar-refractivity contribution in [2.45, 2.75) is 52.6 Å². The molecule has 220 valence electrons. The summed E-state index contributed by atoms with van der Waals surface area (Å²) in [6, 6.07) is 12.3. The molecule has 1 fully saturated rings. The zero-order valence-electron chi connectivity index (χ0n) is 23.9. The first-order valence-electron chi connectivity index (χ1n) is 14.5. The lowest BCUT2D eigenvalue weighted by atomic mass is 9.87. The fraction of sp³-hybridized carbons (Fsp3) is 0.382. The Morgan fingerprint density at radius 2 is 1.86 bits per heavy atom. The second-order valence-corrected chi connectivity index (χ2v) is 11.2. The van der Waals surface area contributed by atoms with Gasteiger partial charge in [-0.3, -0.25) is 14.6 Å². The maximum absolute atomic E-state index is 13.1. The molecule has 0 radical (unpaired) electrons. The Morgan fingerprint density at radius 1 is 1.10 bits per heavy atom. The number of nitrogens with zero attached hydrogens (tertiary/aromatic N) is 1. The third kappa shape index (κ3) is 7.10. The molecule has 1 N–H and O–H groups in total. The summed E-state index contributed by atoms with van der Waals surface area (Å²) in [4.78, 5) is 30.5. The second-order valence-electron chi connectivity index (χ2n) is 11.2. The number of allylic oxidation sites excluding steroid dienone is 5. The van der Waals surface area contributed by atoms with Crippen molar-refractivity contribution in [3.63, 3.8) is 0 Å². The van der Waals surface area contributed by atoms with Gasteiger partial charge in [0, 0.05) is 55.3 Å². The van der Waals surface area contributed by atoms with E-state index in [2.05, 4.69) is 28.3 Å². The second kappa shape index (κ2) is 13.4. The van der Waals surface area contributed by atoms with Crippen LogP contribution in [0.5, 0.6) is 5.75 Å². The van der Waals surface area contributed by atoms with Gasteiger partial charge in [-0.1, -0.05) is 37.3 Å². The number of alkyl halides is 2. The number of anilines is 1. The van der Waals surface area contributed by atoms with E-state index in [4.69, 9.17) is 9.73 Å². The number of Topliss-reactive ketones (excluding diaryl/α,β-unsaturated/α-hetero) is 2. The minimum absolute atomic E-state index is 0.0132. The SMILES string of the molecule is Cc1cc(NC2=CCC=CC3C(c4ccc(OC(F)F)cc4)=CN=C23)ccc1C(=O)CC(C)CC(=O)C1CCOCC1. The fourth-order valence-electron chi connectivity index (χ4n) is 5.82. The number of hydrogen-bond donors (Lipinski definition) is 1. The topological polar surface area (TPSA) is 77.0 Å². The Kier molecular flexibility index (Phi) is 9.42. The Labute approximate surface area is 245 Å². The number of fused-ring (bicyclic) bond motifs is 1. The summed E-state index contributed by atoms with van der Waals surface area (Å²) in [5, 5.41) is 3.49. The van der Waals surface area contributed by atoms with E-state index in [-0.39, 0.29) is 35.1 Å². The number of hydrogen-bond acceptors (Lipinski definition) is 6. The molecule has 6 nitrogen and oxygen atoms in total. The van der Waals surface area contributed by atoms with Gasteiger partial charge >= 0.3 is 6.61 Å². The van der Waals surface area contributed by atoms with Crippen molar-refractivity contribution in [1.29, 1.82) is 0 Å². The lowest BCUT2D eigenvalue weighted by Gasteiger charge is -2.22. The molecule has 0 saturated carbocycles. The van der Waals surface area contributed by atoms with Crippen LogP contribution in [0.25, 0.3) is 5.57 Å². The van der Waals surface area contributed by atoms with E-state index in [1.807, 2.05) is 38.2 Å². The minimum Gasteiger partial charge on any atom is -0.435 e. The first-order chi connectivity index (χ1) is 20.3. The summed E-state index contributed by atoms with van der Waals surface area (Å²) in [6.45, 7) is 2.31. The number of halogens is 2. The molecule has 8 heteroatoms. The maximum Gasteiger partial charge on any atom is 0.387 e. The van der Waals surface area contributed by atoms with Crippen LogP contribution in [0, 0.1) is 24.7 Å². The summed E-state index contributed by atoms with van der Waals surface area (Å²) in [6.07, 6.45) is 11.1. The summed E-state index contributed by atoms with van der Waals surface area (Å²) < 4.78 is 34.9. The maximum atomic E-state index is 13.1. The van der Waals surface area contributed by atoms with Crippen LogP contribution in [0.2, 0.25) is 0 Å². The van der Waals surface area contributed by atoms with Crippen molar-refractivity contribution in [2.75, 3.05) is 18.5 Å². The molecule has 2 aliphatic heterocycles. The monoisotopic (exact) mass is 574 g/mol. The Balaban J connectivity index is 1.21. The number of ketones is 2. The van der Waals surface area contributed by atoms with E-state index in [1.54, 1.807) is 12.1 Å². The predicted molar refractivity (Wildman–Crippen MR) is 160 cm³/mol. The van der Waals surface area contributed by atoms with Crippen molar-refractivity contribution in [2.24, 2.45) is 22.7 Å². The van der Waals surface area contributed by atoms with Gasteiger partial charge in [-0.2, -0.15) is 8.78 Å². The average Bonchev–Trinajstić information content (AvgIpc) is 3.28. The van der Waals surface area contributed by atoms with Crippen LogP contribution in [0.4, 0.5) is 14.5 Å². The summed E-state index contributed by atoms with van der Waals surface area (Å²) in [7, 11) is 0. The lowest BCUT2D eigenvalue weighted by Crippen LogP contribution is -2.25. The van der Waals surface area contributed by atoms with Gasteiger partial charge in [0.25, 0.3) is 0 Å². The molecule has 1 saturated heterocycles. The molecule has 2 aromatic carbocycles. The molecule has 0 aromatic heterocycles. The molecule has 2 atom stereocenters. The number of aliphatic imine (C=N–C) groups is 1. The van der Waals surface area contributed by atoms with Gasteiger partial charge in [-0.05, 0) is 79.1 Å². The Hall–Kier alpha value is -3.91. The van der Waals surface area contributed by atoms with Gasteiger partial charge in [0.05, 0.1) is 11.4 Å². The van der Waals surface area contributed by atoms with Gasteiger partial charge in [0.15, 0.2) is 5.78 Å². The predicted octanol–water partition coefficient (Wildman–Crippen LogP) is 7.56. The number of nitrogens with one attached hydrogen (secondary N) is 1. The molecule has 1 aliphatic carbocycles. The number of ether oxygens (including phenoxy) is 2. The highest BCUT2D eigenvalue weighted by Crippen LogP contribution is 2.36. The molecule has 2 aromatic rings. The smallest absolute Gasteiger partial charge is 0.387 e. The standard InChI is InChI=1S/C34H36F2N2O4/c1-21(17-31(39)24-13-15-41-16-14-24)18-32(40)27-12-9-25(19-22(27)2)38-30-6-4-3-5-28-29(20-37-33(28)30)23-7-10-26(11-8-23)42-34(35)36/h3,5-12,19-21,24,28,34,38H,4,13-18H2,1-2H3. The van der Waals surface area contributed by atoms with E-state index in [9.17, 15) is 18.4 Å². The lowest BCUT2D eigenvalue weighted by molar-refractivity contribution is -0.126. The quantitative estimate of drug-likeness (QED) is 0.221. The van der Waals surface area contributed by atoms with E-state index < -0.39 is 6.61 Å². The first-order valence-corrected chi connectivity index (χ1v) is 14.5. The number of aryl methyl sites for hydroxylation is 1. The minimum atomic E-state index is -2.86. The van der Waals surface area contributed by atoms with Crippen LogP contribution >= 0.6 is 0 Å². The van der Waals surface area contributed by atoms with Crippen molar-refractivity contribution >= 4 is 28.5 Å². The molecule has 2 unspecified atom stereocenters. The van der Waals surface area contributed by atoms with Crippen LogP contribution in [0.3, 0.4) is 0 Å². The highest BCUT2D eigenvalue weighted by atomic mass is 19.3. The summed E-state index contributed by atoms with van der Waals surface area (Å²) in [5.41, 5.74) is 6.00. The molecular formula is C34H36F2N2O4. The molecular weight excluding hydrogens is 538 g/mol. The number of carbonyl (C=O) groups is 2. The molecule has 3 aliphatic rings. The van der Waals surface area contributed by atoms with Crippen LogP contribution < -0.4 is 10.1 Å². The molecule has 0 bridgehead atoms. The van der Waals surface area contributed by atoms with E-state index >= 15 is 0 Å². The number of benzene rings is 2. The Bertz CT molecular complexity index is 1440. The fourth-order valence-corrected chi connectivity index (χ4v) is 5.82. The zero-order valence-corrected chi connectivity index (χ0v) is 23.9. The largest absolute Gasteiger partial charge is 0.435 e.